The van der Waals surface area contributed by atoms with Gasteiger partial charge in [0, 0.05) is 42.1 Å². The van der Waals surface area contributed by atoms with Crippen molar-refractivity contribution in [2.75, 3.05) is 26.2 Å². The van der Waals surface area contributed by atoms with Crippen molar-refractivity contribution >= 4 is 28.5 Å². The zero-order chi connectivity index (χ0) is 25.2. The van der Waals surface area contributed by atoms with E-state index in [2.05, 4.69) is 66.0 Å². The molecule has 0 fully saturated rings. The van der Waals surface area contributed by atoms with Crippen LogP contribution in [0.25, 0.3) is 10.9 Å². The lowest BCUT2D eigenvalue weighted by molar-refractivity contribution is -0.143. The molecule has 2 unspecified atom stereocenters. The summed E-state index contributed by atoms with van der Waals surface area (Å²) in [5.74, 6) is -0.635. The lowest BCUT2D eigenvalue weighted by Gasteiger charge is -2.38. The number of ether oxygens (including phenoxy) is 2. The molecule has 0 bridgehead atoms. The number of hydrogen-bond acceptors (Lipinski definition) is 5. The van der Waals surface area contributed by atoms with Crippen molar-refractivity contribution < 1.29 is 19.1 Å². The molecule has 6 heteroatoms. The van der Waals surface area contributed by atoms with Crippen LogP contribution in [-0.4, -0.2) is 37.8 Å². The molecule has 0 amide bonds. The average Bonchev–Trinajstić information content (AvgIpc) is 3.37. The van der Waals surface area contributed by atoms with Crippen LogP contribution >= 0.6 is 0 Å². The Morgan fingerprint density at radius 2 is 1.81 bits per heavy atom. The van der Waals surface area contributed by atoms with Crippen molar-refractivity contribution in [2.24, 2.45) is 7.05 Å². The van der Waals surface area contributed by atoms with Crippen molar-refractivity contribution in [3.05, 3.63) is 76.1 Å². The highest BCUT2D eigenvalue weighted by Gasteiger charge is 2.51. The minimum Gasteiger partial charge on any atom is -0.469 e. The van der Waals surface area contributed by atoms with E-state index in [4.69, 9.17) is 9.47 Å². The summed E-state index contributed by atoms with van der Waals surface area (Å²) in [7, 11) is 7.06. The van der Waals surface area contributed by atoms with Crippen molar-refractivity contribution in [2.45, 2.75) is 49.9 Å². The Labute approximate surface area is 211 Å². The molecule has 0 spiro atoms. The monoisotopic (exact) mass is 484 g/mol. The maximum atomic E-state index is 13.0. The van der Waals surface area contributed by atoms with Crippen LogP contribution in [0.1, 0.15) is 60.4 Å². The molecule has 2 heterocycles. The minimum atomic E-state index is -0.423. The van der Waals surface area contributed by atoms with E-state index in [0.29, 0.717) is 6.42 Å². The molecule has 1 aromatic heterocycles. The number of methoxy groups -OCH3 is 2. The lowest BCUT2D eigenvalue weighted by Crippen LogP contribution is -2.36. The molecule has 0 radical (unpaired) electrons. The van der Waals surface area contributed by atoms with E-state index in [1.54, 1.807) is 0 Å². The van der Waals surface area contributed by atoms with Crippen LogP contribution in [0.5, 0.6) is 0 Å². The number of fused-ring (bicyclic) bond motifs is 6. The van der Waals surface area contributed by atoms with Gasteiger partial charge in [-0.15, -0.1) is 0 Å². The molecule has 2 aliphatic carbocycles. The van der Waals surface area contributed by atoms with Crippen LogP contribution < -0.4 is 4.90 Å². The Hall–Kier alpha value is -3.54. The van der Waals surface area contributed by atoms with E-state index in [9.17, 15) is 9.59 Å². The SMILES string of the molecule is COC(=O)C1=C2N(C)c3ccccc3C2(c2ccc3c4c(n(C)c3c2)C(C(=O)OC)CCC4)CCC1. The fourth-order valence-corrected chi connectivity index (χ4v) is 7.28. The zero-order valence-corrected chi connectivity index (χ0v) is 21.4. The van der Waals surface area contributed by atoms with E-state index in [-0.39, 0.29) is 17.9 Å². The van der Waals surface area contributed by atoms with E-state index < -0.39 is 5.41 Å². The molecule has 1 aliphatic heterocycles. The van der Waals surface area contributed by atoms with Gasteiger partial charge in [-0.25, -0.2) is 4.79 Å². The predicted octanol–water partition coefficient (Wildman–Crippen LogP) is 5.12. The quantitative estimate of drug-likeness (QED) is 0.483. The van der Waals surface area contributed by atoms with Gasteiger partial charge in [-0.1, -0.05) is 30.3 Å². The van der Waals surface area contributed by atoms with E-state index in [0.717, 1.165) is 60.3 Å². The summed E-state index contributed by atoms with van der Waals surface area (Å²) in [6.07, 6.45) is 5.30. The number of esters is 2. The van der Waals surface area contributed by atoms with E-state index in [1.165, 1.54) is 36.3 Å². The van der Waals surface area contributed by atoms with Gasteiger partial charge >= 0.3 is 11.9 Å². The van der Waals surface area contributed by atoms with Crippen LogP contribution in [0.2, 0.25) is 0 Å². The number of para-hydroxylation sites is 1. The van der Waals surface area contributed by atoms with Crippen molar-refractivity contribution in [1.29, 1.82) is 0 Å². The Bertz CT molecular complexity index is 1450. The number of carbonyl (C=O) groups is 2. The second-order valence-electron chi connectivity index (χ2n) is 10.3. The molecule has 2 aromatic carbocycles. The maximum Gasteiger partial charge on any atom is 0.335 e. The molecule has 3 aliphatic rings. The number of likely N-dealkylation sites (N-methyl/N-ethyl adjacent to an activating group) is 1. The number of rotatable bonds is 3. The fourth-order valence-electron chi connectivity index (χ4n) is 7.28. The average molecular weight is 485 g/mol. The summed E-state index contributed by atoms with van der Waals surface area (Å²) in [6.45, 7) is 0. The van der Waals surface area contributed by atoms with Crippen LogP contribution in [0, 0.1) is 0 Å². The molecular weight excluding hydrogens is 452 g/mol. The topological polar surface area (TPSA) is 60.8 Å². The van der Waals surface area contributed by atoms with Gasteiger partial charge in [0.1, 0.15) is 0 Å². The number of aromatic nitrogens is 1. The predicted molar refractivity (Wildman–Crippen MR) is 139 cm³/mol. The van der Waals surface area contributed by atoms with Gasteiger partial charge < -0.3 is 18.9 Å². The molecule has 3 aromatic rings. The Morgan fingerprint density at radius 3 is 2.58 bits per heavy atom. The number of carbonyl (C=O) groups excluding carboxylic acids is 2. The zero-order valence-electron chi connectivity index (χ0n) is 21.4. The highest BCUT2D eigenvalue weighted by Crippen LogP contribution is 2.58. The third-order valence-electron chi connectivity index (χ3n) is 8.74. The second-order valence-corrected chi connectivity index (χ2v) is 10.3. The maximum absolute atomic E-state index is 13.0. The van der Waals surface area contributed by atoms with Gasteiger partial charge in [0.15, 0.2) is 0 Å². The summed E-state index contributed by atoms with van der Waals surface area (Å²) in [6, 6.07) is 15.2. The van der Waals surface area contributed by atoms with Gasteiger partial charge in [-0.3, -0.25) is 4.79 Å². The Morgan fingerprint density at radius 1 is 1.00 bits per heavy atom. The summed E-state index contributed by atoms with van der Waals surface area (Å²) < 4.78 is 12.6. The standard InChI is InChI=1S/C30H32N2O4/c1-31-25-17-18(14-15-19(25)20-9-7-10-21(26(20)31)28(33)35-3)30-16-8-11-22(29(34)36-4)27(30)32(2)24-13-6-5-12-23(24)30/h5-6,12-15,17,21H,7-11,16H2,1-4H3. The summed E-state index contributed by atoms with van der Waals surface area (Å²) in [4.78, 5) is 27.8. The van der Waals surface area contributed by atoms with Crippen molar-refractivity contribution in [3.8, 4) is 0 Å². The van der Waals surface area contributed by atoms with Gasteiger partial charge in [-0.2, -0.15) is 0 Å². The van der Waals surface area contributed by atoms with Gasteiger partial charge in [-0.05, 0) is 67.3 Å². The number of hydrogen-bond donors (Lipinski definition) is 0. The number of allylic oxidation sites excluding steroid dienone is 1. The number of aryl methyl sites for hydroxylation is 2. The number of anilines is 1. The normalized spacial score (nSPS) is 22.8. The van der Waals surface area contributed by atoms with Gasteiger partial charge in [0.2, 0.25) is 0 Å². The Balaban J connectivity index is 1.62. The third kappa shape index (κ3) is 2.90. The molecule has 6 nitrogen and oxygen atoms in total. The largest absolute Gasteiger partial charge is 0.469 e. The van der Waals surface area contributed by atoms with Crippen molar-refractivity contribution in [3.63, 3.8) is 0 Å². The molecular formula is C30H32N2O4. The molecule has 0 N–H and O–H groups in total. The molecule has 6 rings (SSSR count). The second kappa shape index (κ2) is 8.26. The fraction of sp³-hybridized carbons (Fsp3) is 0.400. The van der Waals surface area contributed by atoms with Crippen LogP contribution in [-0.2, 0) is 37.9 Å². The number of nitrogens with zero attached hydrogens (tertiary/aromatic N) is 2. The van der Waals surface area contributed by atoms with Crippen LogP contribution in [0.4, 0.5) is 5.69 Å². The lowest BCUT2D eigenvalue weighted by atomic mass is 9.66. The minimum absolute atomic E-state index is 0.160. The van der Waals surface area contributed by atoms with Crippen molar-refractivity contribution in [1.82, 2.24) is 4.57 Å². The first kappa shape index (κ1) is 22.9. The summed E-state index contributed by atoms with van der Waals surface area (Å²) in [5, 5.41) is 1.20. The van der Waals surface area contributed by atoms with Crippen LogP contribution in [0.3, 0.4) is 0 Å². The molecule has 2 atom stereocenters. The smallest absolute Gasteiger partial charge is 0.335 e. The Kier molecular flexibility index (Phi) is 5.25. The first-order valence-corrected chi connectivity index (χ1v) is 12.8. The van der Waals surface area contributed by atoms with E-state index >= 15 is 0 Å². The van der Waals surface area contributed by atoms with Gasteiger partial charge in [0.05, 0.1) is 31.1 Å². The third-order valence-corrected chi connectivity index (χ3v) is 8.74. The van der Waals surface area contributed by atoms with E-state index in [1.807, 2.05) is 0 Å². The molecule has 0 saturated heterocycles. The van der Waals surface area contributed by atoms with Gasteiger partial charge in [0.25, 0.3) is 0 Å². The summed E-state index contributed by atoms with van der Waals surface area (Å²) >= 11 is 0. The number of benzene rings is 2. The molecule has 186 valence electrons. The highest BCUT2D eigenvalue weighted by molar-refractivity contribution is 5.95. The van der Waals surface area contributed by atoms with Crippen LogP contribution in [0.15, 0.2) is 53.7 Å². The summed E-state index contributed by atoms with van der Waals surface area (Å²) in [5.41, 5.74) is 8.38. The molecule has 36 heavy (non-hydrogen) atoms. The first-order valence-electron chi connectivity index (χ1n) is 12.8. The highest BCUT2D eigenvalue weighted by atomic mass is 16.5. The first-order chi connectivity index (χ1) is 17.4. The molecule has 0 saturated carbocycles.